The average molecular weight is 337 g/mol. The molecule has 1 fully saturated rings. The van der Waals surface area contributed by atoms with Gasteiger partial charge in [-0.2, -0.15) is 0 Å². The molecule has 0 spiro atoms. The Kier molecular flexibility index (Phi) is 6.73. The van der Waals surface area contributed by atoms with Gasteiger partial charge in [-0.3, -0.25) is 9.59 Å². The minimum Gasteiger partial charge on any atom is -0.481 e. The largest absolute Gasteiger partial charge is 0.481 e. The third-order valence-electron chi connectivity index (χ3n) is 4.45. The maximum Gasteiger partial charge on any atom is 0.305 e. The maximum absolute atomic E-state index is 13.0. The van der Waals surface area contributed by atoms with Crippen LogP contribution >= 0.6 is 0 Å². The van der Waals surface area contributed by atoms with Crippen LogP contribution in [0.4, 0.5) is 4.39 Å². The molecule has 24 heavy (non-hydrogen) atoms. The fraction of sp³-hybridized carbons (Fsp3) is 0.556. The van der Waals surface area contributed by atoms with Gasteiger partial charge in [0, 0.05) is 0 Å². The molecular formula is C18H24FNO4. The Balaban J connectivity index is 1.91. The van der Waals surface area contributed by atoms with Crippen LogP contribution < -0.4 is 5.32 Å². The molecule has 3 unspecified atom stereocenters. The molecule has 2 rings (SSSR count). The van der Waals surface area contributed by atoms with Crippen LogP contribution in [-0.2, 0) is 14.3 Å². The van der Waals surface area contributed by atoms with Gasteiger partial charge in [0.2, 0.25) is 5.91 Å². The third kappa shape index (κ3) is 5.60. The Morgan fingerprint density at radius 1 is 1.29 bits per heavy atom. The molecule has 6 heteroatoms. The summed E-state index contributed by atoms with van der Waals surface area (Å²) in [5, 5.41) is 11.7. The van der Waals surface area contributed by atoms with Crippen molar-refractivity contribution < 1.29 is 23.8 Å². The zero-order valence-corrected chi connectivity index (χ0v) is 13.8. The highest BCUT2D eigenvalue weighted by atomic mass is 19.1. The lowest BCUT2D eigenvalue weighted by Gasteiger charge is -2.28. The number of benzene rings is 1. The molecule has 2 N–H and O–H groups in total. The summed E-state index contributed by atoms with van der Waals surface area (Å²) >= 11 is 0. The fourth-order valence-electron chi connectivity index (χ4n) is 3.07. The lowest BCUT2D eigenvalue weighted by atomic mass is 9.88. The van der Waals surface area contributed by atoms with Crippen molar-refractivity contribution in [1.82, 2.24) is 5.32 Å². The number of rotatable bonds is 7. The predicted octanol–water partition coefficient (Wildman–Crippen LogP) is 3.05. The van der Waals surface area contributed by atoms with E-state index in [9.17, 15) is 14.0 Å². The van der Waals surface area contributed by atoms with Crippen LogP contribution in [-0.4, -0.2) is 29.7 Å². The number of carbonyl (C=O) groups excluding carboxylic acids is 1. The number of aliphatic carboxylic acids is 1. The van der Waals surface area contributed by atoms with E-state index in [1.54, 1.807) is 0 Å². The molecule has 0 aliphatic heterocycles. The molecule has 0 radical (unpaired) electrons. The summed E-state index contributed by atoms with van der Waals surface area (Å²) < 4.78 is 18.7. The van der Waals surface area contributed by atoms with Gasteiger partial charge in [-0.1, -0.05) is 31.9 Å². The van der Waals surface area contributed by atoms with Crippen LogP contribution in [0.15, 0.2) is 24.3 Å². The molecule has 0 saturated heterocycles. The van der Waals surface area contributed by atoms with Crippen molar-refractivity contribution in [1.29, 1.82) is 0 Å². The summed E-state index contributed by atoms with van der Waals surface area (Å²) in [5.74, 6) is -1.37. The monoisotopic (exact) mass is 337 g/mol. The van der Waals surface area contributed by atoms with Gasteiger partial charge in [0.05, 0.1) is 18.6 Å². The summed E-state index contributed by atoms with van der Waals surface area (Å²) in [4.78, 5) is 23.1. The van der Waals surface area contributed by atoms with Gasteiger partial charge in [0.25, 0.3) is 0 Å². The highest BCUT2D eigenvalue weighted by molar-refractivity contribution is 5.78. The minimum atomic E-state index is -1.04. The first-order valence-electron chi connectivity index (χ1n) is 8.34. The third-order valence-corrected chi connectivity index (χ3v) is 4.45. The molecular weight excluding hydrogens is 313 g/mol. The molecule has 0 aromatic heterocycles. The summed E-state index contributed by atoms with van der Waals surface area (Å²) in [6, 6.07) is 4.75. The van der Waals surface area contributed by atoms with Gasteiger partial charge in [-0.25, -0.2) is 4.39 Å². The molecule has 1 aliphatic carbocycles. The van der Waals surface area contributed by atoms with Crippen LogP contribution in [0.25, 0.3) is 0 Å². The van der Waals surface area contributed by atoms with E-state index >= 15 is 0 Å². The van der Waals surface area contributed by atoms with E-state index in [4.69, 9.17) is 9.84 Å². The predicted molar refractivity (Wildman–Crippen MR) is 86.9 cm³/mol. The number of hydrogen-bond acceptors (Lipinski definition) is 3. The van der Waals surface area contributed by atoms with Crippen molar-refractivity contribution in [2.24, 2.45) is 5.92 Å². The number of nitrogens with one attached hydrogen (secondary N) is 1. The Bertz CT molecular complexity index is 561. The first-order valence-corrected chi connectivity index (χ1v) is 8.34. The highest BCUT2D eigenvalue weighted by Gasteiger charge is 2.24. The number of ether oxygens (including phenoxy) is 1. The molecule has 5 nitrogen and oxygen atoms in total. The Labute approximate surface area is 141 Å². The summed E-state index contributed by atoms with van der Waals surface area (Å²) in [6.07, 6.45) is 4.16. The lowest BCUT2D eigenvalue weighted by Crippen LogP contribution is -2.36. The number of halogens is 1. The van der Waals surface area contributed by atoms with Gasteiger partial charge < -0.3 is 15.2 Å². The molecule has 3 atom stereocenters. The Hall–Kier alpha value is -1.95. The zero-order valence-electron chi connectivity index (χ0n) is 13.8. The normalized spacial score (nSPS) is 21.9. The van der Waals surface area contributed by atoms with E-state index < -0.39 is 17.8 Å². The average Bonchev–Trinajstić information content (AvgIpc) is 2.54. The van der Waals surface area contributed by atoms with Crippen LogP contribution in [0.2, 0.25) is 0 Å². The van der Waals surface area contributed by atoms with Crippen molar-refractivity contribution >= 4 is 11.9 Å². The standard InChI is InChI=1S/C18H24FNO4/c1-12-4-2-3-5-16(12)24-11-17(21)20-15(10-18(22)23)13-6-8-14(19)9-7-13/h6-9,12,15-16H,2-5,10-11H2,1H3,(H,20,21)(H,22,23). The molecule has 1 amide bonds. The van der Waals surface area contributed by atoms with E-state index in [0.717, 1.165) is 19.3 Å². The number of carboxylic acids is 1. The SMILES string of the molecule is CC1CCCCC1OCC(=O)NC(CC(=O)O)c1ccc(F)cc1. The topological polar surface area (TPSA) is 75.6 Å². The van der Waals surface area contributed by atoms with Crippen molar-refractivity contribution in [2.45, 2.75) is 51.2 Å². The summed E-state index contributed by atoms with van der Waals surface area (Å²) in [7, 11) is 0. The smallest absolute Gasteiger partial charge is 0.305 e. The fourth-order valence-corrected chi connectivity index (χ4v) is 3.07. The second-order valence-corrected chi connectivity index (χ2v) is 6.38. The quantitative estimate of drug-likeness (QED) is 0.802. The summed E-state index contributed by atoms with van der Waals surface area (Å²) in [5.41, 5.74) is 0.554. The number of carbonyl (C=O) groups is 2. The molecule has 132 valence electrons. The van der Waals surface area contributed by atoms with E-state index in [2.05, 4.69) is 12.2 Å². The Morgan fingerprint density at radius 3 is 2.58 bits per heavy atom. The van der Waals surface area contributed by atoms with Gasteiger partial charge in [0.15, 0.2) is 0 Å². The van der Waals surface area contributed by atoms with Crippen LogP contribution in [0, 0.1) is 11.7 Å². The molecule has 0 heterocycles. The number of carboxylic acid groups (broad SMARTS) is 1. The second-order valence-electron chi connectivity index (χ2n) is 6.38. The van der Waals surface area contributed by atoms with Gasteiger partial charge in [-0.05, 0) is 36.5 Å². The van der Waals surface area contributed by atoms with E-state index in [1.807, 2.05) is 0 Å². The first kappa shape index (κ1) is 18.4. The van der Waals surface area contributed by atoms with Crippen molar-refractivity contribution in [3.05, 3.63) is 35.6 Å². The van der Waals surface area contributed by atoms with Crippen LogP contribution in [0.5, 0.6) is 0 Å². The molecule has 1 aromatic rings. The molecule has 1 aromatic carbocycles. The highest BCUT2D eigenvalue weighted by Crippen LogP contribution is 2.26. The minimum absolute atomic E-state index is 0.0771. The van der Waals surface area contributed by atoms with Gasteiger partial charge in [0.1, 0.15) is 12.4 Å². The molecule has 1 saturated carbocycles. The number of amides is 1. The van der Waals surface area contributed by atoms with E-state index in [-0.39, 0.29) is 25.0 Å². The molecule has 1 aliphatic rings. The van der Waals surface area contributed by atoms with E-state index in [0.29, 0.717) is 11.5 Å². The van der Waals surface area contributed by atoms with Gasteiger partial charge >= 0.3 is 5.97 Å². The van der Waals surface area contributed by atoms with Crippen LogP contribution in [0.1, 0.15) is 50.6 Å². The van der Waals surface area contributed by atoms with E-state index in [1.165, 1.54) is 30.7 Å². The number of hydrogen-bond donors (Lipinski definition) is 2. The molecule has 0 bridgehead atoms. The second kappa shape index (κ2) is 8.78. The first-order chi connectivity index (χ1) is 11.5. The van der Waals surface area contributed by atoms with Crippen molar-refractivity contribution in [3.8, 4) is 0 Å². The van der Waals surface area contributed by atoms with Crippen molar-refractivity contribution in [2.75, 3.05) is 6.61 Å². The van der Waals surface area contributed by atoms with Crippen LogP contribution in [0.3, 0.4) is 0 Å². The van der Waals surface area contributed by atoms with Gasteiger partial charge in [-0.15, -0.1) is 0 Å². The zero-order chi connectivity index (χ0) is 17.5. The summed E-state index contributed by atoms with van der Waals surface area (Å²) in [6.45, 7) is 2.03. The lowest BCUT2D eigenvalue weighted by molar-refractivity contribution is -0.138. The van der Waals surface area contributed by atoms with Crippen molar-refractivity contribution in [3.63, 3.8) is 0 Å². The maximum atomic E-state index is 13.0. The Morgan fingerprint density at radius 2 is 1.96 bits per heavy atom.